The molecule has 0 aliphatic carbocycles. The average Bonchev–Trinajstić information content (AvgIpc) is 3.02. The molecule has 0 spiro atoms. The molecular formula is C18H27N2O4P. The maximum atomic E-state index is 12.9. The summed E-state index contributed by atoms with van der Waals surface area (Å²) in [6.07, 6.45) is 1.63. The monoisotopic (exact) mass is 366 g/mol. The quantitative estimate of drug-likeness (QED) is 0.503. The van der Waals surface area contributed by atoms with Crippen LogP contribution in [0, 0.1) is 11.8 Å². The van der Waals surface area contributed by atoms with Gasteiger partial charge in [-0.05, 0) is 30.9 Å². The van der Waals surface area contributed by atoms with Crippen LogP contribution >= 0.6 is 7.37 Å². The van der Waals surface area contributed by atoms with Crippen molar-refractivity contribution in [3.05, 3.63) is 35.9 Å². The summed E-state index contributed by atoms with van der Waals surface area (Å²) >= 11 is 0. The number of carboxylic acids is 1. The zero-order valence-electron chi connectivity index (χ0n) is 14.4. The summed E-state index contributed by atoms with van der Waals surface area (Å²) in [5.74, 6) is -1.39. The average molecular weight is 366 g/mol. The van der Waals surface area contributed by atoms with Gasteiger partial charge in [-0.2, -0.15) is 0 Å². The Kier molecular flexibility index (Phi) is 5.35. The number of carboxylic acid groups (broad SMARTS) is 1. The lowest BCUT2D eigenvalue weighted by molar-refractivity contribution is -0.142. The van der Waals surface area contributed by atoms with Gasteiger partial charge in [0.2, 0.25) is 7.37 Å². The molecule has 0 bridgehead atoms. The third-order valence-electron chi connectivity index (χ3n) is 5.87. The number of carbonyl (C=O) groups is 1. The molecule has 4 atom stereocenters. The van der Waals surface area contributed by atoms with Crippen molar-refractivity contribution in [2.45, 2.75) is 31.0 Å². The van der Waals surface area contributed by atoms with Gasteiger partial charge in [-0.3, -0.25) is 14.3 Å². The Morgan fingerprint density at radius 1 is 1.28 bits per heavy atom. The maximum Gasteiger partial charge on any atom is 0.319 e. The van der Waals surface area contributed by atoms with Crippen LogP contribution in [0.3, 0.4) is 0 Å². The third-order valence-corrected chi connectivity index (χ3v) is 8.82. The Balaban J connectivity index is 1.80. The minimum Gasteiger partial charge on any atom is -0.480 e. The molecule has 138 valence electrons. The SMILES string of the molecule is NCCCC[C@@]1(C(=O)O)[C@H]2CN(Cc3ccccc3)C[C@H]2CP1(=O)O. The number of hydrogen-bond donors (Lipinski definition) is 3. The predicted molar refractivity (Wildman–Crippen MR) is 96.7 cm³/mol. The molecule has 4 N–H and O–H groups in total. The van der Waals surface area contributed by atoms with E-state index in [9.17, 15) is 19.4 Å². The summed E-state index contributed by atoms with van der Waals surface area (Å²) in [5, 5.41) is 8.44. The molecule has 0 saturated carbocycles. The zero-order valence-corrected chi connectivity index (χ0v) is 15.3. The summed E-state index contributed by atoms with van der Waals surface area (Å²) in [7, 11) is -3.73. The van der Waals surface area contributed by atoms with Gasteiger partial charge in [0.05, 0.1) is 0 Å². The van der Waals surface area contributed by atoms with E-state index in [2.05, 4.69) is 17.0 Å². The molecule has 2 heterocycles. The summed E-state index contributed by atoms with van der Waals surface area (Å²) in [4.78, 5) is 25.0. The van der Waals surface area contributed by atoms with E-state index in [0.29, 0.717) is 32.5 Å². The minimum absolute atomic E-state index is 0.0199. The van der Waals surface area contributed by atoms with Gasteiger partial charge < -0.3 is 15.7 Å². The van der Waals surface area contributed by atoms with E-state index in [4.69, 9.17) is 5.73 Å². The van der Waals surface area contributed by atoms with E-state index < -0.39 is 18.5 Å². The van der Waals surface area contributed by atoms with Crippen molar-refractivity contribution >= 4 is 13.3 Å². The second kappa shape index (κ2) is 7.20. The molecule has 1 aromatic rings. The third kappa shape index (κ3) is 3.28. The van der Waals surface area contributed by atoms with E-state index in [-0.39, 0.29) is 24.4 Å². The zero-order chi connectivity index (χ0) is 18.1. The molecule has 2 aliphatic heterocycles. The van der Waals surface area contributed by atoms with E-state index in [1.807, 2.05) is 18.2 Å². The van der Waals surface area contributed by atoms with Crippen LogP contribution in [-0.2, 0) is 15.9 Å². The highest BCUT2D eigenvalue weighted by atomic mass is 31.2. The minimum atomic E-state index is -3.73. The molecule has 1 unspecified atom stereocenters. The molecule has 2 saturated heterocycles. The van der Waals surface area contributed by atoms with Crippen molar-refractivity contribution in [1.82, 2.24) is 4.90 Å². The van der Waals surface area contributed by atoms with E-state index >= 15 is 0 Å². The molecular weight excluding hydrogens is 339 g/mol. The van der Waals surface area contributed by atoms with Gasteiger partial charge >= 0.3 is 5.97 Å². The number of nitrogens with zero attached hydrogens (tertiary/aromatic N) is 1. The lowest BCUT2D eigenvalue weighted by atomic mass is 9.81. The first-order valence-electron chi connectivity index (χ1n) is 8.92. The first kappa shape index (κ1) is 18.6. The van der Waals surface area contributed by atoms with Gasteiger partial charge in [0.15, 0.2) is 0 Å². The molecule has 6 nitrogen and oxygen atoms in total. The van der Waals surface area contributed by atoms with Crippen molar-refractivity contribution < 1.29 is 19.4 Å². The molecule has 25 heavy (non-hydrogen) atoms. The lowest BCUT2D eigenvalue weighted by Gasteiger charge is -2.33. The Morgan fingerprint density at radius 2 is 2.00 bits per heavy atom. The molecule has 0 aromatic heterocycles. The van der Waals surface area contributed by atoms with Crippen LogP contribution in [0.15, 0.2) is 30.3 Å². The smallest absolute Gasteiger partial charge is 0.319 e. The molecule has 2 fully saturated rings. The lowest BCUT2D eigenvalue weighted by Crippen LogP contribution is -2.44. The molecule has 0 amide bonds. The first-order valence-corrected chi connectivity index (χ1v) is 10.8. The second-order valence-corrected chi connectivity index (χ2v) is 9.97. The Bertz CT molecular complexity index is 668. The van der Waals surface area contributed by atoms with Crippen LogP contribution in [0.25, 0.3) is 0 Å². The largest absolute Gasteiger partial charge is 0.480 e. The number of hydrogen-bond acceptors (Lipinski definition) is 4. The molecule has 7 heteroatoms. The Labute approximate surface area is 148 Å². The highest BCUT2D eigenvalue weighted by Crippen LogP contribution is 2.69. The number of unbranched alkanes of at least 4 members (excludes halogenated alkanes) is 1. The van der Waals surface area contributed by atoms with Crippen molar-refractivity contribution in [2.75, 3.05) is 25.8 Å². The van der Waals surface area contributed by atoms with Gasteiger partial charge in [-0.1, -0.05) is 36.8 Å². The number of fused-ring (bicyclic) bond motifs is 1. The van der Waals surface area contributed by atoms with Crippen LogP contribution in [0.1, 0.15) is 24.8 Å². The first-order chi connectivity index (χ1) is 11.9. The fourth-order valence-electron chi connectivity index (χ4n) is 4.71. The fourth-order valence-corrected chi connectivity index (χ4v) is 7.66. The van der Waals surface area contributed by atoms with Gasteiger partial charge in [0, 0.05) is 31.7 Å². The van der Waals surface area contributed by atoms with Crippen LogP contribution < -0.4 is 5.73 Å². The fraction of sp³-hybridized carbons (Fsp3) is 0.611. The highest BCUT2D eigenvalue weighted by Gasteiger charge is 2.67. The number of aliphatic carboxylic acids is 1. The highest BCUT2D eigenvalue weighted by molar-refractivity contribution is 7.61. The normalized spacial score (nSPS) is 35.0. The molecule has 1 aromatic carbocycles. The maximum absolute atomic E-state index is 12.9. The van der Waals surface area contributed by atoms with E-state index in [0.717, 1.165) is 6.54 Å². The number of likely N-dealkylation sites (tertiary alicyclic amines) is 1. The second-order valence-electron chi connectivity index (χ2n) is 7.41. The molecule has 0 radical (unpaired) electrons. The Morgan fingerprint density at radius 3 is 2.64 bits per heavy atom. The summed E-state index contributed by atoms with van der Waals surface area (Å²) in [6, 6.07) is 10.1. The Hall–Kier alpha value is -1.20. The van der Waals surface area contributed by atoms with Crippen LogP contribution in [0.4, 0.5) is 0 Å². The van der Waals surface area contributed by atoms with Crippen molar-refractivity contribution in [1.29, 1.82) is 0 Å². The number of benzene rings is 1. The van der Waals surface area contributed by atoms with Crippen LogP contribution in [0.5, 0.6) is 0 Å². The van der Waals surface area contributed by atoms with Gasteiger partial charge in [-0.25, -0.2) is 0 Å². The molecule has 3 rings (SSSR count). The van der Waals surface area contributed by atoms with E-state index in [1.165, 1.54) is 5.56 Å². The standard InChI is InChI=1S/C18H27N2O4P/c19-9-5-4-8-18(17(21)22)16-12-20(10-14-6-2-1-3-7-14)11-15(16)13-25(18,23)24/h1-3,6-7,15-16H,4-5,8-13,19H2,(H,21,22)(H,23,24)/t15-,16-,18-/m0/s1. The summed E-state index contributed by atoms with van der Waals surface area (Å²) < 4.78 is 12.9. The van der Waals surface area contributed by atoms with Gasteiger partial charge in [0.25, 0.3) is 0 Å². The predicted octanol–water partition coefficient (Wildman–Crippen LogP) is 1.97. The molecule has 2 aliphatic rings. The van der Waals surface area contributed by atoms with Crippen molar-refractivity contribution in [2.24, 2.45) is 17.6 Å². The summed E-state index contributed by atoms with van der Waals surface area (Å²) in [6.45, 7) is 2.48. The van der Waals surface area contributed by atoms with Crippen molar-refractivity contribution in [3.8, 4) is 0 Å². The topological polar surface area (TPSA) is 104 Å². The van der Waals surface area contributed by atoms with E-state index in [1.54, 1.807) is 0 Å². The van der Waals surface area contributed by atoms with Gasteiger partial charge in [0.1, 0.15) is 5.16 Å². The number of rotatable bonds is 7. The van der Waals surface area contributed by atoms with Crippen LogP contribution in [-0.4, -0.2) is 51.8 Å². The van der Waals surface area contributed by atoms with Crippen molar-refractivity contribution in [3.63, 3.8) is 0 Å². The number of nitrogens with two attached hydrogens (primary N) is 1. The van der Waals surface area contributed by atoms with Crippen LogP contribution in [0.2, 0.25) is 0 Å². The summed E-state index contributed by atoms with van der Waals surface area (Å²) in [5.41, 5.74) is 6.71. The van der Waals surface area contributed by atoms with Gasteiger partial charge in [-0.15, -0.1) is 0 Å².